The van der Waals surface area contributed by atoms with E-state index in [1.165, 1.54) is 18.2 Å². The van der Waals surface area contributed by atoms with Gasteiger partial charge in [0.05, 0.1) is 0 Å². The van der Waals surface area contributed by atoms with Gasteiger partial charge in [0, 0.05) is 6.04 Å². The second-order valence-corrected chi connectivity index (χ2v) is 3.43. The van der Waals surface area contributed by atoms with Crippen LogP contribution in [0.5, 0.6) is 0 Å². The van der Waals surface area contributed by atoms with E-state index in [4.69, 9.17) is 0 Å². The number of rotatable bonds is 4. The van der Waals surface area contributed by atoms with Crippen molar-refractivity contribution >= 4 is 5.69 Å². The SMILES string of the molecule is CCCC(C)Nc1c(F)cccc1F. The quantitative estimate of drug-likeness (QED) is 0.781. The van der Waals surface area contributed by atoms with Gasteiger partial charge in [-0.1, -0.05) is 19.4 Å². The van der Waals surface area contributed by atoms with E-state index in [1.54, 1.807) is 0 Å². The molecule has 0 heterocycles. The first-order valence-electron chi connectivity index (χ1n) is 4.85. The maximum absolute atomic E-state index is 13.1. The van der Waals surface area contributed by atoms with Crippen LogP contribution >= 0.6 is 0 Å². The van der Waals surface area contributed by atoms with Crippen LogP contribution in [0.2, 0.25) is 0 Å². The van der Waals surface area contributed by atoms with Gasteiger partial charge in [0.1, 0.15) is 17.3 Å². The van der Waals surface area contributed by atoms with Crippen LogP contribution in [-0.4, -0.2) is 6.04 Å². The minimum Gasteiger partial charge on any atom is -0.378 e. The van der Waals surface area contributed by atoms with E-state index >= 15 is 0 Å². The number of benzene rings is 1. The molecule has 0 aliphatic rings. The second-order valence-electron chi connectivity index (χ2n) is 3.43. The average Bonchev–Trinajstić information content (AvgIpc) is 2.12. The summed E-state index contributed by atoms with van der Waals surface area (Å²) >= 11 is 0. The van der Waals surface area contributed by atoms with Crippen molar-refractivity contribution < 1.29 is 8.78 Å². The zero-order chi connectivity index (χ0) is 10.6. The summed E-state index contributed by atoms with van der Waals surface area (Å²) in [5.74, 6) is -1.07. The van der Waals surface area contributed by atoms with Crippen LogP contribution < -0.4 is 5.32 Å². The Morgan fingerprint density at radius 3 is 2.36 bits per heavy atom. The lowest BCUT2D eigenvalue weighted by Gasteiger charge is -2.15. The molecule has 0 aliphatic heterocycles. The van der Waals surface area contributed by atoms with Crippen molar-refractivity contribution in [3.05, 3.63) is 29.8 Å². The van der Waals surface area contributed by atoms with Crippen molar-refractivity contribution in [1.82, 2.24) is 0 Å². The molecule has 1 aromatic rings. The van der Waals surface area contributed by atoms with Crippen molar-refractivity contribution in [2.45, 2.75) is 32.7 Å². The van der Waals surface area contributed by atoms with Gasteiger partial charge in [-0.2, -0.15) is 0 Å². The van der Waals surface area contributed by atoms with Crippen LogP contribution in [-0.2, 0) is 0 Å². The first-order valence-corrected chi connectivity index (χ1v) is 4.85. The Hall–Kier alpha value is -1.12. The molecule has 0 aromatic heterocycles. The Bertz CT molecular complexity index is 279. The molecule has 0 aliphatic carbocycles. The lowest BCUT2D eigenvalue weighted by molar-refractivity contribution is 0.578. The minimum atomic E-state index is -0.534. The van der Waals surface area contributed by atoms with Crippen LogP contribution in [0.15, 0.2) is 18.2 Å². The van der Waals surface area contributed by atoms with Crippen molar-refractivity contribution in [3.8, 4) is 0 Å². The summed E-state index contributed by atoms with van der Waals surface area (Å²) in [6.45, 7) is 3.95. The topological polar surface area (TPSA) is 12.0 Å². The number of para-hydroxylation sites is 1. The second kappa shape index (κ2) is 4.94. The number of hydrogen-bond acceptors (Lipinski definition) is 1. The van der Waals surface area contributed by atoms with Crippen LogP contribution in [0.3, 0.4) is 0 Å². The molecule has 1 rings (SSSR count). The molecule has 14 heavy (non-hydrogen) atoms. The summed E-state index contributed by atoms with van der Waals surface area (Å²) in [5, 5.41) is 2.83. The van der Waals surface area contributed by atoms with Crippen LogP contribution in [0.25, 0.3) is 0 Å². The Labute approximate surface area is 83.1 Å². The van der Waals surface area contributed by atoms with Crippen molar-refractivity contribution in [2.75, 3.05) is 5.32 Å². The Balaban J connectivity index is 2.75. The molecule has 0 radical (unpaired) electrons. The summed E-state index contributed by atoms with van der Waals surface area (Å²) in [4.78, 5) is 0. The van der Waals surface area contributed by atoms with Crippen molar-refractivity contribution in [2.24, 2.45) is 0 Å². The predicted molar refractivity (Wildman–Crippen MR) is 54.4 cm³/mol. The number of hydrogen-bond donors (Lipinski definition) is 1. The van der Waals surface area contributed by atoms with E-state index in [0.29, 0.717) is 0 Å². The minimum absolute atomic E-state index is 0.0200. The van der Waals surface area contributed by atoms with Gasteiger partial charge in [-0.3, -0.25) is 0 Å². The molecular weight excluding hydrogens is 184 g/mol. The maximum atomic E-state index is 13.1. The van der Waals surface area contributed by atoms with Crippen molar-refractivity contribution in [1.29, 1.82) is 0 Å². The smallest absolute Gasteiger partial charge is 0.149 e. The molecule has 1 nitrogen and oxygen atoms in total. The highest BCUT2D eigenvalue weighted by molar-refractivity contribution is 5.46. The van der Waals surface area contributed by atoms with Crippen LogP contribution in [0, 0.1) is 11.6 Å². The molecule has 1 N–H and O–H groups in total. The molecule has 0 saturated heterocycles. The van der Waals surface area contributed by atoms with Gasteiger partial charge in [0.2, 0.25) is 0 Å². The number of anilines is 1. The van der Waals surface area contributed by atoms with E-state index in [-0.39, 0.29) is 11.7 Å². The molecule has 78 valence electrons. The first kappa shape index (κ1) is 11.0. The Kier molecular flexibility index (Phi) is 3.86. The molecule has 0 saturated carbocycles. The van der Waals surface area contributed by atoms with Gasteiger partial charge in [-0.25, -0.2) is 8.78 Å². The highest BCUT2D eigenvalue weighted by Gasteiger charge is 2.10. The fourth-order valence-electron chi connectivity index (χ4n) is 1.39. The lowest BCUT2D eigenvalue weighted by Crippen LogP contribution is -2.16. The molecule has 1 atom stereocenters. The van der Waals surface area contributed by atoms with E-state index in [1.807, 2.05) is 13.8 Å². The van der Waals surface area contributed by atoms with Gasteiger partial charge in [-0.15, -0.1) is 0 Å². The highest BCUT2D eigenvalue weighted by Crippen LogP contribution is 2.19. The summed E-state index contributed by atoms with van der Waals surface area (Å²) in [6.07, 6.45) is 1.89. The van der Waals surface area contributed by atoms with Gasteiger partial charge in [0.25, 0.3) is 0 Å². The Morgan fingerprint density at radius 1 is 1.29 bits per heavy atom. The zero-order valence-electron chi connectivity index (χ0n) is 8.48. The molecule has 1 aromatic carbocycles. The molecule has 3 heteroatoms. The molecule has 0 amide bonds. The highest BCUT2D eigenvalue weighted by atomic mass is 19.1. The van der Waals surface area contributed by atoms with Crippen molar-refractivity contribution in [3.63, 3.8) is 0 Å². The van der Waals surface area contributed by atoms with E-state index < -0.39 is 11.6 Å². The molecule has 0 spiro atoms. The molecule has 1 unspecified atom stereocenters. The fraction of sp³-hybridized carbons (Fsp3) is 0.455. The summed E-state index contributed by atoms with van der Waals surface area (Å²) in [6, 6.07) is 3.96. The summed E-state index contributed by atoms with van der Waals surface area (Å²) in [5.41, 5.74) is -0.0200. The first-order chi connectivity index (χ1) is 6.65. The van der Waals surface area contributed by atoms with Gasteiger partial charge in [0.15, 0.2) is 0 Å². The lowest BCUT2D eigenvalue weighted by atomic mass is 10.2. The summed E-state index contributed by atoms with van der Waals surface area (Å²) in [7, 11) is 0. The standard InChI is InChI=1S/C11H15F2N/c1-3-5-8(2)14-11-9(12)6-4-7-10(11)13/h4,6-8,14H,3,5H2,1-2H3. The number of nitrogens with one attached hydrogen (secondary N) is 1. The molecule has 0 fully saturated rings. The van der Waals surface area contributed by atoms with E-state index in [2.05, 4.69) is 5.32 Å². The van der Waals surface area contributed by atoms with E-state index in [0.717, 1.165) is 12.8 Å². The largest absolute Gasteiger partial charge is 0.378 e. The molecule has 0 bridgehead atoms. The molecular formula is C11H15F2N. The Morgan fingerprint density at radius 2 is 1.86 bits per heavy atom. The van der Waals surface area contributed by atoms with Gasteiger partial charge in [-0.05, 0) is 25.5 Å². The van der Waals surface area contributed by atoms with Gasteiger partial charge < -0.3 is 5.32 Å². The van der Waals surface area contributed by atoms with Crippen LogP contribution in [0.1, 0.15) is 26.7 Å². The van der Waals surface area contributed by atoms with Crippen LogP contribution in [0.4, 0.5) is 14.5 Å². The number of halogens is 2. The monoisotopic (exact) mass is 199 g/mol. The third-order valence-corrected chi connectivity index (χ3v) is 2.08. The normalized spacial score (nSPS) is 12.6. The maximum Gasteiger partial charge on any atom is 0.149 e. The summed E-state index contributed by atoms with van der Waals surface area (Å²) < 4.78 is 26.3. The van der Waals surface area contributed by atoms with E-state index in [9.17, 15) is 8.78 Å². The third-order valence-electron chi connectivity index (χ3n) is 2.08. The third kappa shape index (κ3) is 2.69. The zero-order valence-corrected chi connectivity index (χ0v) is 8.48. The average molecular weight is 199 g/mol. The fourth-order valence-corrected chi connectivity index (χ4v) is 1.39. The predicted octanol–water partition coefficient (Wildman–Crippen LogP) is 3.57. The van der Waals surface area contributed by atoms with Gasteiger partial charge >= 0.3 is 0 Å².